The third-order valence-electron chi connectivity index (χ3n) is 2.05. The maximum absolute atomic E-state index is 9.24. The average molecular weight is 193 g/mol. The van der Waals surface area contributed by atoms with Gasteiger partial charge in [0.1, 0.15) is 5.75 Å². The second kappa shape index (κ2) is 5.66. The van der Waals surface area contributed by atoms with Crippen LogP contribution in [0.5, 0.6) is 5.75 Å². The number of benzene rings is 1. The third-order valence-corrected chi connectivity index (χ3v) is 2.05. The van der Waals surface area contributed by atoms with Gasteiger partial charge in [0, 0.05) is 0 Å². The van der Waals surface area contributed by atoms with E-state index in [9.17, 15) is 5.11 Å². The molecule has 2 heteroatoms. The lowest BCUT2D eigenvalue weighted by atomic mass is 10.1. The van der Waals surface area contributed by atoms with Gasteiger partial charge in [0.05, 0.1) is 0 Å². The van der Waals surface area contributed by atoms with Gasteiger partial charge in [0.2, 0.25) is 0 Å². The molecule has 1 rings (SSSR count). The molecule has 0 aromatic heterocycles. The Balaban J connectivity index is 2.25. The molecule has 0 radical (unpaired) electrons. The molecule has 78 valence electrons. The molecule has 0 bridgehead atoms. The first-order valence-corrected chi connectivity index (χ1v) is 5.17. The van der Waals surface area contributed by atoms with Crippen molar-refractivity contribution in [2.24, 2.45) is 5.92 Å². The summed E-state index contributed by atoms with van der Waals surface area (Å²) in [5.41, 5.74) is 1.18. The van der Waals surface area contributed by atoms with Crippen LogP contribution < -0.4 is 5.32 Å². The summed E-state index contributed by atoms with van der Waals surface area (Å²) in [7, 11) is 0. The summed E-state index contributed by atoms with van der Waals surface area (Å²) >= 11 is 0. The molecule has 2 N–H and O–H groups in total. The second-order valence-electron chi connectivity index (χ2n) is 4.02. The molecule has 0 heterocycles. The van der Waals surface area contributed by atoms with Crippen molar-refractivity contribution in [2.45, 2.75) is 20.3 Å². The molecule has 14 heavy (non-hydrogen) atoms. The highest BCUT2D eigenvalue weighted by atomic mass is 16.3. The fraction of sp³-hybridized carbons (Fsp3) is 0.500. The van der Waals surface area contributed by atoms with E-state index in [0.717, 1.165) is 19.5 Å². The summed E-state index contributed by atoms with van der Waals surface area (Å²) in [6.45, 7) is 6.42. The molecule has 0 spiro atoms. The molecule has 0 atom stereocenters. The predicted molar refractivity (Wildman–Crippen MR) is 59.5 cm³/mol. The predicted octanol–water partition coefficient (Wildman–Crippen LogP) is 2.18. The molecule has 0 aliphatic rings. The van der Waals surface area contributed by atoms with Crippen molar-refractivity contribution >= 4 is 0 Å². The van der Waals surface area contributed by atoms with Crippen molar-refractivity contribution in [2.75, 3.05) is 13.1 Å². The summed E-state index contributed by atoms with van der Waals surface area (Å²) in [6.07, 6.45) is 0.973. The molecule has 0 saturated carbocycles. The molecule has 0 amide bonds. The molecule has 0 aliphatic heterocycles. The lowest BCUT2D eigenvalue weighted by Crippen LogP contribution is -2.22. The molecule has 0 unspecified atom stereocenters. The van der Waals surface area contributed by atoms with E-state index < -0.39 is 0 Å². The Morgan fingerprint density at radius 1 is 1.36 bits per heavy atom. The smallest absolute Gasteiger partial charge is 0.115 e. The number of hydrogen-bond acceptors (Lipinski definition) is 2. The number of hydrogen-bond donors (Lipinski definition) is 2. The fourth-order valence-corrected chi connectivity index (χ4v) is 1.34. The van der Waals surface area contributed by atoms with Crippen molar-refractivity contribution in [1.29, 1.82) is 0 Å². The van der Waals surface area contributed by atoms with Crippen LogP contribution in [0.15, 0.2) is 24.3 Å². The zero-order valence-corrected chi connectivity index (χ0v) is 8.96. The van der Waals surface area contributed by atoms with E-state index in [1.165, 1.54) is 5.56 Å². The van der Waals surface area contributed by atoms with Crippen LogP contribution in [0.2, 0.25) is 0 Å². The van der Waals surface area contributed by atoms with E-state index in [1.807, 2.05) is 18.2 Å². The monoisotopic (exact) mass is 193 g/mol. The van der Waals surface area contributed by atoms with Crippen LogP contribution in [0.3, 0.4) is 0 Å². The highest BCUT2D eigenvalue weighted by Crippen LogP contribution is 2.10. The standard InChI is InChI=1S/C12H19NO/c1-10(2)9-13-7-6-11-4-3-5-12(14)8-11/h3-5,8,10,13-14H,6-7,9H2,1-2H3. The normalized spacial score (nSPS) is 10.8. The van der Waals surface area contributed by atoms with Crippen molar-refractivity contribution in [3.63, 3.8) is 0 Å². The zero-order valence-electron chi connectivity index (χ0n) is 8.96. The Labute approximate surface area is 86.0 Å². The van der Waals surface area contributed by atoms with E-state index in [1.54, 1.807) is 6.07 Å². The highest BCUT2D eigenvalue weighted by Gasteiger charge is 1.95. The summed E-state index contributed by atoms with van der Waals surface area (Å²) in [5.74, 6) is 1.05. The van der Waals surface area contributed by atoms with Gasteiger partial charge in [-0.15, -0.1) is 0 Å². The van der Waals surface area contributed by atoms with E-state index >= 15 is 0 Å². The van der Waals surface area contributed by atoms with Crippen LogP contribution in [-0.2, 0) is 6.42 Å². The summed E-state index contributed by atoms with van der Waals surface area (Å²) < 4.78 is 0. The average Bonchev–Trinajstić information content (AvgIpc) is 2.12. The quantitative estimate of drug-likeness (QED) is 0.702. The van der Waals surface area contributed by atoms with Gasteiger partial charge in [-0.05, 0) is 43.1 Å². The molecule has 0 aliphatic carbocycles. The summed E-state index contributed by atoms with van der Waals surface area (Å²) in [4.78, 5) is 0. The minimum Gasteiger partial charge on any atom is -0.508 e. The Hall–Kier alpha value is -1.02. The summed E-state index contributed by atoms with van der Waals surface area (Å²) in [5, 5.41) is 12.6. The van der Waals surface area contributed by atoms with Gasteiger partial charge in [-0.3, -0.25) is 0 Å². The Morgan fingerprint density at radius 3 is 2.79 bits per heavy atom. The van der Waals surface area contributed by atoms with Crippen molar-refractivity contribution in [3.05, 3.63) is 29.8 Å². The first kappa shape index (κ1) is 11.1. The van der Waals surface area contributed by atoms with Crippen LogP contribution in [0.4, 0.5) is 0 Å². The first-order valence-electron chi connectivity index (χ1n) is 5.17. The molecule has 0 fully saturated rings. The minimum absolute atomic E-state index is 0.353. The Bertz CT molecular complexity index is 271. The van der Waals surface area contributed by atoms with Gasteiger partial charge in [-0.25, -0.2) is 0 Å². The van der Waals surface area contributed by atoms with Gasteiger partial charge in [0.25, 0.3) is 0 Å². The number of aromatic hydroxyl groups is 1. The van der Waals surface area contributed by atoms with E-state index in [0.29, 0.717) is 11.7 Å². The maximum atomic E-state index is 9.24. The maximum Gasteiger partial charge on any atom is 0.115 e. The largest absolute Gasteiger partial charge is 0.508 e. The topological polar surface area (TPSA) is 32.3 Å². The molecule has 2 nitrogen and oxygen atoms in total. The first-order chi connectivity index (χ1) is 6.68. The molecule has 1 aromatic rings. The van der Waals surface area contributed by atoms with Crippen molar-refractivity contribution in [1.82, 2.24) is 5.32 Å². The van der Waals surface area contributed by atoms with Crippen molar-refractivity contribution in [3.8, 4) is 5.75 Å². The van der Waals surface area contributed by atoms with Crippen LogP contribution in [0, 0.1) is 5.92 Å². The lowest BCUT2D eigenvalue weighted by Gasteiger charge is -2.07. The highest BCUT2D eigenvalue weighted by molar-refractivity contribution is 5.27. The lowest BCUT2D eigenvalue weighted by molar-refractivity contribution is 0.474. The van der Waals surface area contributed by atoms with E-state index in [-0.39, 0.29) is 0 Å². The van der Waals surface area contributed by atoms with Gasteiger partial charge in [-0.1, -0.05) is 26.0 Å². The molecule has 0 saturated heterocycles. The third kappa shape index (κ3) is 4.28. The number of rotatable bonds is 5. The molecule has 1 aromatic carbocycles. The number of nitrogens with one attached hydrogen (secondary N) is 1. The Morgan fingerprint density at radius 2 is 2.14 bits per heavy atom. The fourth-order valence-electron chi connectivity index (χ4n) is 1.34. The SMILES string of the molecule is CC(C)CNCCc1cccc(O)c1. The van der Waals surface area contributed by atoms with Crippen LogP contribution in [-0.4, -0.2) is 18.2 Å². The van der Waals surface area contributed by atoms with Gasteiger partial charge in [-0.2, -0.15) is 0 Å². The molecular formula is C12H19NO. The Kier molecular flexibility index (Phi) is 4.47. The second-order valence-corrected chi connectivity index (χ2v) is 4.02. The van der Waals surface area contributed by atoms with Crippen LogP contribution >= 0.6 is 0 Å². The number of phenols is 1. The van der Waals surface area contributed by atoms with Crippen molar-refractivity contribution < 1.29 is 5.11 Å². The van der Waals surface area contributed by atoms with Gasteiger partial charge in [0.15, 0.2) is 0 Å². The van der Waals surface area contributed by atoms with E-state index in [4.69, 9.17) is 0 Å². The molecular weight excluding hydrogens is 174 g/mol. The minimum atomic E-state index is 0.353. The van der Waals surface area contributed by atoms with E-state index in [2.05, 4.69) is 19.2 Å². The van der Waals surface area contributed by atoms with Gasteiger partial charge >= 0.3 is 0 Å². The zero-order chi connectivity index (χ0) is 10.4. The van der Waals surface area contributed by atoms with Gasteiger partial charge < -0.3 is 10.4 Å². The van der Waals surface area contributed by atoms with Crippen LogP contribution in [0.25, 0.3) is 0 Å². The van der Waals surface area contributed by atoms with Crippen LogP contribution in [0.1, 0.15) is 19.4 Å². The summed E-state index contributed by atoms with van der Waals surface area (Å²) in [6, 6.07) is 7.44. The number of phenolic OH excluding ortho intramolecular Hbond substituents is 1.